The van der Waals surface area contributed by atoms with Gasteiger partial charge in [0.25, 0.3) is 5.56 Å². The Kier molecular flexibility index (Phi) is 1.96. The summed E-state index contributed by atoms with van der Waals surface area (Å²) in [5.74, 6) is 0. The highest BCUT2D eigenvalue weighted by Gasteiger charge is 2.30. The lowest BCUT2D eigenvalue weighted by atomic mass is 9.89. The summed E-state index contributed by atoms with van der Waals surface area (Å²) in [6, 6.07) is 3.65. The highest BCUT2D eigenvalue weighted by Crippen LogP contribution is 2.30. The minimum absolute atomic E-state index is 0.00685. The molecule has 0 unspecified atom stereocenters. The van der Waals surface area contributed by atoms with Crippen molar-refractivity contribution in [3.05, 3.63) is 34.2 Å². The zero-order valence-corrected chi connectivity index (χ0v) is 7.60. The van der Waals surface area contributed by atoms with Crippen LogP contribution in [0.4, 0.5) is 0 Å². The second-order valence-corrected chi connectivity index (χ2v) is 3.62. The third-order valence-electron chi connectivity index (χ3n) is 2.72. The van der Waals surface area contributed by atoms with Crippen molar-refractivity contribution in [3.8, 4) is 0 Å². The number of nitrogens with zero attached hydrogens (tertiary/aromatic N) is 1. The van der Waals surface area contributed by atoms with Gasteiger partial charge >= 0.3 is 0 Å². The monoisotopic (exact) mass is 179 g/mol. The summed E-state index contributed by atoms with van der Waals surface area (Å²) in [5, 5.41) is 9.42. The van der Waals surface area contributed by atoms with E-state index in [0.29, 0.717) is 0 Å². The van der Waals surface area contributed by atoms with Crippen LogP contribution in [0.2, 0.25) is 0 Å². The average molecular weight is 179 g/mol. The molecule has 0 aliphatic heterocycles. The molecule has 0 spiro atoms. The Morgan fingerprint density at radius 1 is 1.54 bits per heavy atom. The van der Waals surface area contributed by atoms with Gasteiger partial charge in [0.2, 0.25) is 0 Å². The third-order valence-corrected chi connectivity index (χ3v) is 2.72. The fourth-order valence-corrected chi connectivity index (χ4v) is 1.67. The Hall–Kier alpha value is -1.09. The van der Waals surface area contributed by atoms with E-state index in [9.17, 15) is 9.90 Å². The maximum absolute atomic E-state index is 11.6. The fraction of sp³-hybridized carbons (Fsp3) is 0.500. The molecule has 0 radical (unpaired) electrons. The number of hydrogen-bond donors (Lipinski definition) is 1. The van der Waals surface area contributed by atoms with Crippen LogP contribution in [0.1, 0.15) is 24.4 Å². The quantitative estimate of drug-likeness (QED) is 0.694. The van der Waals surface area contributed by atoms with Crippen molar-refractivity contribution in [3.63, 3.8) is 0 Å². The van der Waals surface area contributed by atoms with Gasteiger partial charge in [0, 0.05) is 11.8 Å². The van der Waals surface area contributed by atoms with Crippen LogP contribution < -0.4 is 5.56 Å². The number of hydrogen-bond acceptors (Lipinski definition) is 2. The maximum Gasteiger partial charge on any atom is 0.253 e. The molecule has 3 nitrogen and oxygen atoms in total. The Morgan fingerprint density at radius 2 is 2.31 bits per heavy atom. The van der Waals surface area contributed by atoms with E-state index in [1.54, 1.807) is 23.8 Å². The molecule has 1 aliphatic carbocycles. The predicted octanol–water partition coefficient (Wildman–Crippen LogP) is 0.853. The van der Waals surface area contributed by atoms with E-state index in [1.165, 1.54) is 0 Å². The number of aryl methyl sites for hydroxylation is 1. The molecular weight excluding hydrogens is 166 g/mol. The van der Waals surface area contributed by atoms with E-state index in [-0.39, 0.29) is 17.7 Å². The van der Waals surface area contributed by atoms with Gasteiger partial charge in [-0.2, -0.15) is 0 Å². The van der Waals surface area contributed by atoms with Crippen LogP contribution in [0, 0.1) is 6.92 Å². The van der Waals surface area contributed by atoms with Crippen LogP contribution in [0.3, 0.4) is 0 Å². The molecular formula is C10H13NO2. The van der Waals surface area contributed by atoms with Crippen molar-refractivity contribution in [2.24, 2.45) is 0 Å². The second kappa shape index (κ2) is 3.00. The molecule has 13 heavy (non-hydrogen) atoms. The van der Waals surface area contributed by atoms with E-state index < -0.39 is 0 Å². The number of aliphatic hydroxyl groups is 1. The topological polar surface area (TPSA) is 42.2 Å². The van der Waals surface area contributed by atoms with Crippen LogP contribution in [-0.4, -0.2) is 15.8 Å². The van der Waals surface area contributed by atoms with Crippen LogP contribution >= 0.6 is 0 Å². The molecule has 70 valence electrons. The molecule has 1 aliphatic rings. The summed E-state index contributed by atoms with van der Waals surface area (Å²) in [5.41, 5.74) is 0.757. The summed E-state index contributed by atoms with van der Waals surface area (Å²) in [6.07, 6.45) is 3.14. The summed E-state index contributed by atoms with van der Waals surface area (Å²) >= 11 is 0. The fourth-order valence-electron chi connectivity index (χ4n) is 1.67. The Morgan fingerprint density at radius 3 is 2.85 bits per heavy atom. The molecule has 1 aromatic rings. The first-order valence-corrected chi connectivity index (χ1v) is 4.56. The van der Waals surface area contributed by atoms with Gasteiger partial charge < -0.3 is 9.67 Å². The smallest absolute Gasteiger partial charge is 0.253 e. The van der Waals surface area contributed by atoms with Gasteiger partial charge in [-0.25, -0.2) is 0 Å². The molecule has 3 heteroatoms. The summed E-state index contributed by atoms with van der Waals surface area (Å²) < 4.78 is 1.64. The Labute approximate surface area is 76.6 Å². The molecule has 1 fully saturated rings. The molecule has 0 amide bonds. The van der Waals surface area contributed by atoms with Gasteiger partial charge in [-0.15, -0.1) is 0 Å². The molecule has 1 aromatic heterocycles. The van der Waals surface area contributed by atoms with E-state index >= 15 is 0 Å². The molecule has 1 saturated carbocycles. The SMILES string of the molecule is Cc1cccn([C@@H]2CC[C@@H]2O)c1=O. The second-order valence-electron chi connectivity index (χ2n) is 3.62. The van der Waals surface area contributed by atoms with Crippen LogP contribution in [-0.2, 0) is 0 Å². The maximum atomic E-state index is 11.6. The van der Waals surface area contributed by atoms with Gasteiger partial charge in [-0.05, 0) is 25.8 Å². The zero-order valence-electron chi connectivity index (χ0n) is 7.60. The van der Waals surface area contributed by atoms with Gasteiger partial charge in [-0.1, -0.05) is 6.07 Å². The summed E-state index contributed by atoms with van der Waals surface area (Å²) in [6.45, 7) is 1.80. The molecule has 2 atom stereocenters. The molecule has 0 bridgehead atoms. The van der Waals surface area contributed by atoms with Crippen molar-refractivity contribution in [2.45, 2.75) is 31.9 Å². The standard InChI is InChI=1S/C10H13NO2/c1-7-3-2-6-11(10(7)13)8-4-5-9(8)12/h2-3,6,8-9,12H,4-5H2,1H3/t8-,9+/m1/s1. The van der Waals surface area contributed by atoms with E-state index in [0.717, 1.165) is 18.4 Å². The van der Waals surface area contributed by atoms with Crippen molar-refractivity contribution < 1.29 is 5.11 Å². The zero-order chi connectivity index (χ0) is 9.42. The molecule has 1 heterocycles. The normalized spacial score (nSPS) is 26.9. The van der Waals surface area contributed by atoms with Gasteiger partial charge in [0.05, 0.1) is 12.1 Å². The van der Waals surface area contributed by atoms with Crippen LogP contribution in [0.25, 0.3) is 0 Å². The highest BCUT2D eigenvalue weighted by molar-refractivity contribution is 5.09. The van der Waals surface area contributed by atoms with Crippen molar-refractivity contribution in [1.29, 1.82) is 0 Å². The van der Waals surface area contributed by atoms with Crippen LogP contribution in [0.5, 0.6) is 0 Å². The number of rotatable bonds is 1. The summed E-state index contributed by atoms with van der Waals surface area (Å²) in [7, 11) is 0. The van der Waals surface area contributed by atoms with E-state index in [2.05, 4.69) is 0 Å². The van der Waals surface area contributed by atoms with Crippen molar-refractivity contribution in [1.82, 2.24) is 4.57 Å². The number of aromatic nitrogens is 1. The Bertz CT molecular complexity index is 369. The largest absolute Gasteiger partial charge is 0.391 e. The molecule has 1 N–H and O–H groups in total. The van der Waals surface area contributed by atoms with Gasteiger partial charge in [0.1, 0.15) is 0 Å². The molecule has 0 saturated heterocycles. The lowest BCUT2D eigenvalue weighted by Crippen LogP contribution is -2.39. The number of aliphatic hydroxyl groups excluding tert-OH is 1. The average Bonchev–Trinajstić information content (AvgIpc) is 2.10. The number of pyridine rings is 1. The Balaban J connectivity index is 2.40. The molecule has 0 aromatic carbocycles. The van der Waals surface area contributed by atoms with Crippen molar-refractivity contribution >= 4 is 0 Å². The van der Waals surface area contributed by atoms with Gasteiger partial charge in [0.15, 0.2) is 0 Å². The minimum Gasteiger partial charge on any atom is -0.391 e. The lowest BCUT2D eigenvalue weighted by molar-refractivity contribution is 0.0298. The third kappa shape index (κ3) is 1.29. The highest BCUT2D eigenvalue weighted by atomic mass is 16.3. The summed E-state index contributed by atoms with van der Waals surface area (Å²) in [4.78, 5) is 11.6. The van der Waals surface area contributed by atoms with Gasteiger partial charge in [-0.3, -0.25) is 4.79 Å². The van der Waals surface area contributed by atoms with Crippen molar-refractivity contribution in [2.75, 3.05) is 0 Å². The van der Waals surface area contributed by atoms with E-state index in [4.69, 9.17) is 0 Å². The first kappa shape index (κ1) is 8.51. The predicted molar refractivity (Wildman–Crippen MR) is 49.7 cm³/mol. The first-order valence-electron chi connectivity index (χ1n) is 4.56. The molecule has 2 rings (SSSR count). The minimum atomic E-state index is -0.334. The lowest BCUT2D eigenvalue weighted by Gasteiger charge is -2.33. The first-order chi connectivity index (χ1) is 6.20. The van der Waals surface area contributed by atoms with E-state index in [1.807, 2.05) is 6.07 Å². The van der Waals surface area contributed by atoms with Crippen LogP contribution in [0.15, 0.2) is 23.1 Å².